The number of ether oxygens (including phenoxy) is 1. The van der Waals surface area contributed by atoms with Gasteiger partial charge >= 0.3 is 0 Å². The van der Waals surface area contributed by atoms with Crippen LogP contribution in [0.2, 0.25) is 0 Å². The van der Waals surface area contributed by atoms with Crippen molar-refractivity contribution in [2.24, 2.45) is 0 Å². The van der Waals surface area contributed by atoms with Gasteiger partial charge in [0, 0.05) is 5.56 Å². The Labute approximate surface area is 118 Å². The SMILES string of the molecule is CCCCS(C)(C)CCCOc1ccc(C=O)cc1. The lowest BCUT2D eigenvalue weighted by Gasteiger charge is -2.31. The number of carbonyl (C=O) groups excluding carboxylic acids is 1. The molecule has 0 amide bonds. The zero-order valence-electron chi connectivity index (χ0n) is 12.4. The fraction of sp³-hybridized carbons (Fsp3) is 0.562. The summed E-state index contributed by atoms with van der Waals surface area (Å²) in [5.41, 5.74) is 0.692. The quantitative estimate of drug-likeness (QED) is 0.503. The fourth-order valence-corrected chi connectivity index (χ4v) is 4.09. The Morgan fingerprint density at radius 2 is 1.74 bits per heavy atom. The molecule has 19 heavy (non-hydrogen) atoms. The Bertz CT molecular complexity index is 371. The van der Waals surface area contributed by atoms with E-state index in [-0.39, 0.29) is 0 Å². The summed E-state index contributed by atoms with van der Waals surface area (Å²) in [7, 11) is -0.435. The first kappa shape index (κ1) is 16.1. The van der Waals surface area contributed by atoms with Crippen LogP contribution in [0.5, 0.6) is 5.75 Å². The van der Waals surface area contributed by atoms with Crippen LogP contribution in [0.15, 0.2) is 24.3 Å². The summed E-state index contributed by atoms with van der Waals surface area (Å²) in [6, 6.07) is 7.30. The second kappa shape index (κ2) is 8.26. The molecule has 0 saturated heterocycles. The highest BCUT2D eigenvalue weighted by molar-refractivity contribution is 8.32. The van der Waals surface area contributed by atoms with Crippen LogP contribution in [0.4, 0.5) is 0 Å². The first-order chi connectivity index (χ1) is 9.07. The van der Waals surface area contributed by atoms with Crippen molar-refractivity contribution >= 4 is 16.3 Å². The van der Waals surface area contributed by atoms with Gasteiger partial charge in [-0.1, -0.05) is 13.3 Å². The number of rotatable bonds is 9. The van der Waals surface area contributed by atoms with E-state index in [0.29, 0.717) is 5.56 Å². The Morgan fingerprint density at radius 3 is 2.32 bits per heavy atom. The van der Waals surface area contributed by atoms with Gasteiger partial charge in [-0.05, 0) is 61.1 Å². The van der Waals surface area contributed by atoms with Crippen molar-refractivity contribution in [1.82, 2.24) is 0 Å². The summed E-state index contributed by atoms with van der Waals surface area (Å²) in [5, 5.41) is 0. The van der Waals surface area contributed by atoms with Crippen molar-refractivity contribution in [3.8, 4) is 5.75 Å². The summed E-state index contributed by atoms with van der Waals surface area (Å²) in [5.74, 6) is 3.50. The van der Waals surface area contributed by atoms with E-state index >= 15 is 0 Å². The van der Waals surface area contributed by atoms with Crippen LogP contribution in [-0.2, 0) is 0 Å². The van der Waals surface area contributed by atoms with Crippen molar-refractivity contribution in [1.29, 1.82) is 0 Å². The average molecular weight is 282 g/mol. The zero-order valence-corrected chi connectivity index (χ0v) is 13.2. The lowest BCUT2D eigenvalue weighted by atomic mass is 10.2. The van der Waals surface area contributed by atoms with Crippen LogP contribution in [0.25, 0.3) is 0 Å². The summed E-state index contributed by atoms with van der Waals surface area (Å²) in [4.78, 5) is 10.5. The molecule has 3 heteroatoms. The Balaban J connectivity index is 2.24. The van der Waals surface area contributed by atoms with Gasteiger partial charge in [0.2, 0.25) is 0 Å². The molecule has 0 unspecified atom stereocenters. The predicted molar refractivity (Wildman–Crippen MR) is 86.0 cm³/mol. The Kier molecular flexibility index (Phi) is 7.00. The Morgan fingerprint density at radius 1 is 1.11 bits per heavy atom. The van der Waals surface area contributed by atoms with E-state index in [2.05, 4.69) is 19.4 Å². The maximum absolute atomic E-state index is 10.5. The van der Waals surface area contributed by atoms with Crippen molar-refractivity contribution in [3.05, 3.63) is 29.8 Å². The van der Waals surface area contributed by atoms with E-state index in [9.17, 15) is 4.79 Å². The molecule has 2 nitrogen and oxygen atoms in total. The smallest absolute Gasteiger partial charge is 0.150 e. The number of hydrogen-bond donors (Lipinski definition) is 0. The summed E-state index contributed by atoms with van der Waals surface area (Å²) in [6.45, 7) is 3.02. The topological polar surface area (TPSA) is 26.3 Å². The molecule has 0 fully saturated rings. The van der Waals surface area contributed by atoms with Gasteiger partial charge in [0.15, 0.2) is 0 Å². The molecule has 108 valence electrons. The first-order valence-electron chi connectivity index (χ1n) is 6.94. The molecule has 1 aromatic rings. The van der Waals surface area contributed by atoms with Crippen molar-refractivity contribution in [2.45, 2.75) is 26.2 Å². The summed E-state index contributed by atoms with van der Waals surface area (Å²) < 4.78 is 5.70. The molecule has 1 rings (SSSR count). The number of aldehydes is 1. The summed E-state index contributed by atoms with van der Waals surface area (Å²) in [6.07, 6.45) is 9.43. The van der Waals surface area contributed by atoms with Gasteiger partial charge < -0.3 is 4.74 Å². The molecule has 0 aliphatic rings. The van der Waals surface area contributed by atoms with Gasteiger partial charge in [0.05, 0.1) is 6.61 Å². The second-order valence-electron chi connectivity index (χ2n) is 5.42. The van der Waals surface area contributed by atoms with Crippen molar-refractivity contribution in [3.63, 3.8) is 0 Å². The van der Waals surface area contributed by atoms with Gasteiger partial charge in [-0.3, -0.25) is 4.79 Å². The molecule has 0 N–H and O–H groups in total. The standard InChI is InChI=1S/C16H26O2S/c1-4-5-12-19(2,3)13-6-11-18-16-9-7-15(14-17)8-10-16/h7-10,14H,4-6,11-13H2,1-3H3. The second-order valence-corrected chi connectivity index (χ2v) is 9.77. The molecule has 0 heterocycles. The van der Waals surface area contributed by atoms with Gasteiger partial charge in [-0.15, -0.1) is 0 Å². The monoisotopic (exact) mass is 282 g/mol. The number of unbranched alkanes of at least 4 members (excludes halogenated alkanes) is 1. The van der Waals surface area contributed by atoms with Crippen LogP contribution in [0, 0.1) is 0 Å². The van der Waals surface area contributed by atoms with E-state index in [0.717, 1.165) is 25.1 Å². The first-order valence-corrected chi connectivity index (χ1v) is 9.73. The minimum absolute atomic E-state index is 0.435. The van der Waals surface area contributed by atoms with Crippen LogP contribution in [-0.4, -0.2) is 36.9 Å². The van der Waals surface area contributed by atoms with Crippen molar-refractivity contribution in [2.75, 3.05) is 30.6 Å². The molecule has 0 aliphatic carbocycles. The summed E-state index contributed by atoms with van der Waals surface area (Å²) >= 11 is 0. The largest absolute Gasteiger partial charge is 0.494 e. The van der Waals surface area contributed by atoms with Gasteiger partial charge in [-0.2, -0.15) is 0 Å². The Hall–Kier alpha value is -0.960. The third-order valence-corrected chi connectivity index (χ3v) is 5.96. The highest BCUT2D eigenvalue weighted by Crippen LogP contribution is 2.41. The van der Waals surface area contributed by atoms with Gasteiger partial charge in [0.25, 0.3) is 0 Å². The molecular weight excluding hydrogens is 256 g/mol. The fourth-order valence-electron chi connectivity index (χ4n) is 1.92. The van der Waals surface area contributed by atoms with Crippen LogP contribution in [0.1, 0.15) is 36.5 Å². The lowest BCUT2D eigenvalue weighted by Crippen LogP contribution is -2.09. The van der Waals surface area contributed by atoms with E-state index in [1.54, 1.807) is 12.1 Å². The van der Waals surface area contributed by atoms with E-state index in [4.69, 9.17) is 4.74 Å². The highest BCUT2D eigenvalue weighted by atomic mass is 32.3. The lowest BCUT2D eigenvalue weighted by molar-refractivity contribution is 0.112. The predicted octanol–water partition coefficient (Wildman–Crippen LogP) is 4.13. The van der Waals surface area contributed by atoms with Crippen LogP contribution >= 0.6 is 10.0 Å². The minimum Gasteiger partial charge on any atom is -0.494 e. The maximum atomic E-state index is 10.5. The molecule has 0 atom stereocenters. The minimum atomic E-state index is -0.435. The normalized spacial score (nSPS) is 12.2. The third-order valence-electron chi connectivity index (χ3n) is 3.18. The van der Waals surface area contributed by atoms with Crippen LogP contribution in [0.3, 0.4) is 0 Å². The molecular formula is C16H26O2S. The molecule has 0 radical (unpaired) electrons. The molecule has 0 aromatic heterocycles. The molecule has 0 aliphatic heterocycles. The highest BCUT2D eigenvalue weighted by Gasteiger charge is 2.10. The van der Waals surface area contributed by atoms with Crippen LogP contribution < -0.4 is 4.74 Å². The zero-order chi connectivity index (χ0) is 14.1. The number of carbonyl (C=O) groups is 1. The third kappa shape index (κ3) is 6.67. The average Bonchev–Trinajstić information content (AvgIpc) is 2.42. The molecule has 0 spiro atoms. The molecule has 1 aromatic carbocycles. The molecule has 0 saturated carbocycles. The van der Waals surface area contributed by atoms with E-state index < -0.39 is 10.0 Å². The molecule has 0 bridgehead atoms. The van der Waals surface area contributed by atoms with Gasteiger partial charge in [0.1, 0.15) is 12.0 Å². The van der Waals surface area contributed by atoms with Crippen molar-refractivity contribution < 1.29 is 9.53 Å². The number of hydrogen-bond acceptors (Lipinski definition) is 2. The number of benzene rings is 1. The van der Waals surface area contributed by atoms with E-state index in [1.165, 1.54) is 24.3 Å². The van der Waals surface area contributed by atoms with Gasteiger partial charge in [-0.25, -0.2) is 10.0 Å². The van der Waals surface area contributed by atoms with E-state index in [1.807, 2.05) is 12.1 Å². The maximum Gasteiger partial charge on any atom is 0.150 e.